The van der Waals surface area contributed by atoms with Crippen molar-refractivity contribution in [2.45, 2.75) is 56.4 Å². The van der Waals surface area contributed by atoms with Crippen LogP contribution in [0.15, 0.2) is 34.2 Å². The second-order valence-electron chi connectivity index (χ2n) is 7.43. The van der Waals surface area contributed by atoms with Crippen molar-refractivity contribution in [3.63, 3.8) is 0 Å². The van der Waals surface area contributed by atoms with Crippen LogP contribution in [-0.4, -0.2) is 46.4 Å². The Kier molecular flexibility index (Phi) is 8.57. The number of sulfonamides is 1. The first-order valence-corrected chi connectivity index (χ1v) is 11.3. The number of benzene rings is 1. The van der Waals surface area contributed by atoms with Crippen molar-refractivity contribution in [3.05, 3.63) is 29.8 Å². The van der Waals surface area contributed by atoms with Crippen LogP contribution in [0.3, 0.4) is 0 Å². The lowest BCUT2D eigenvalue weighted by Gasteiger charge is -2.14. The molecule has 2 N–H and O–H groups in total. The fourth-order valence-corrected chi connectivity index (χ4v) is 4.36. The molecule has 0 heterocycles. The normalized spacial score (nSPS) is 16.1. The van der Waals surface area contributed by atoms with Gasteiger partial charge in [0.05, 0.1) is 4.90 Å². The number of hydrogen-bond acceptors (Lipinski definition) is 3. The summed E-state index contributed by atoms with van der Waals surface area (Å²) in [6.45, 7) is 1.52. The fraction of sp³-hybridized carbons (Fsp3) is 0.650. The van der Waals surface area contributed by atoms with Crippen LogP contribution in [0.1, 0.15) is 50.5 Å². The molecule has 2 rings (SSSR count). The lowest BCUT2D eigenvalue weighted by atomic mass is 10.0. The second-order valence-corrected chi connectivity index (χ2v) is 9.58. The molecular formula is C20H34N4O2S. The standard InChI is InChI=1S/C20H34N4O2S/c1-21-20(22-15-7-6-10-17-8-4-5-9-17)23-16-18-11-13-19(14-12-18)27(25,26)24(2)3/h11-14,17H,4-10,15-16H2,1-3H3,(H2,21,22,23). The monoisotopic (exact) mass is 394 g/mol. The molecule has 0 unspecified atom stereocenters. The third-order valence-electron chi connectivity index (χ3n) is 5.19. The molecule has 0 saturated heterocycles. The van der Waals surface area contributed by atoms with Gasteiger partial charge < -0.3 is 10.6 Å². The molecule has 0 atom stereocenters. The van der Waals surface area contributed by atoms with Crippen molar-refractivity contribution in [1.82, 2.24) is 14.9 Å². The van der Waals surface area contributed by atoms with E-state index >= 15 is 0 Å². The molecular weight excluding hydrogens is 360 g/mol. The van der Waals surface area contributed by atoms with Crippen LogP contribution in [-0.2, 0) is 16.6 Å². The highest BCUT2D eigenvalue weighted by Crippen LogP contribution is 2.28. The SMILES string of the molecule is CN=C(NCCCCC1CCCC1)NCc1ccc(S(=O)(=O)N(C)C)cc1. The van der Waals surface area contributed by atoms with Gasteiger partial charge >= 0.3 is 0 Å². The molecule has 0 aromatic heterocycles. The number of nitrogens with one attached hydrogen (secondary N) is 2. The number of aliphatic imine (C=N–C) groups is 1. The molecule has 27 heavy (non-hydrogen) atoms. The van der Waals surface area contributed by atoms with Gasteiger partial charge in [-0.05, 0) is 30.0 Å². The highest BCUT2D eigenvalue weighted by Gasteiger charge is 2.16. The van der Waals surface area contributed by atoms with Crippen LogP contribution >= 0.6 is 0 Å². The average Bonchev–Trinajstić information content (AvgIpc) is 3.17. The predicted molar refractivity (Wildman–Crippen MR) is 111 cm³/mol. The van der Waals surface area contributed by atoms with Crippen LogP contribution in [0.4, 0.5) is 0 Å². The number of nitrogens with zero attached hydrogens (tertiary/aromatic N) is 2. The van der Waals surface area contributed by atoms with Gasteiger partial charge in [-0.2, -0.15) is 0 Å². The second kappa shape index (κ2) is 10.7. The Hall–Kier alpha value is -1.60. The van der Waals surface area contributed by atoms with Crippen molar-refractivity contribution in [2.24, 2.45) is 10.9 Å². The maximum Gasteiger partial charge on any atom is 0.242 e. The number of unbranched alkanes of at least 4 members (excludes halogenated alkanes) is 1. The smallest absolute Gasteiger partial charge is 0.242 e. The highest BCUT2D eigenvalue weighted by atomic mass is 32.2. The fourth-order valence-electron chi connectivity index (χ4n) is 3.46. The van der Waals surface area contributed by atoms with Gasteiger partial charge in [0.1, 0.15) is 0 Å². The minimum atomic E-state index is -3.38. The summed E-state index contributed by atoms with van der Waals surface area (Å²) in [5, 5.41) is 6.63. The van der Waals surface area contributed by atoms with E-state index in [1.165, 1.54) is 56.9 Å². The summed E-state index contributed by atoms with van der Waals surface area (Å²) in [4.78, 5) is 4.56. The molecule has 1 fully saturated rings. The van der Waals surface area contributed by atoms with Gasteiger partial charge in [0.2, 0.25) is 10.0 Å². The third kappa shape index (κ3) is 6.81. The highest BCUT2D eigenvalue weighted by molar-refractivity contribution is 7.89. The number of hydrogen-bond donors (Lipinski definition) is 2. The van der Waals surface area contributed by atoms with Crippen molar-refractivity contribution >= 4 is 16.0 Å². The maximum atomic E-state index is 12.1. The van der Waals surface area contributed by atoms with Crippen molar-refractivity contribution in [3.8, 4) is 0 Å². The molecule has 7 heteroatoms. The van der Waals surface area contributed by atoms with Gasteiger partial charge in [-0.25, -0.2) is 12.7 Å². The van der Waals surface area contributed by atoms with Gasteiger partial charge in [-0.15, -0.1) is 0 Å². The topological polar surface area (TPSA) is 73.8 Å². The van der Waals surface area contributed by atoms with Gasteiger partial charge in [-0.1, -0.05) is 50.7 Å². The molecule has 0 amide bonds. The molecule has 0 radical (unpaired) electrons. The summed E-state index contributed by atoms with van der Waals surface area (Å²) < 4.78 is 25.4. The molecule has 152 valence electrons. The quantitative estimate of drug-likeness (QED) is 0.384. The molecule has 0 spiro atoms. The van der Waals surface area contributed by atoms with Crippen molar-refractivity contribution < 1.29 is 8.42 Å². The molecule has 1 aromatic rings. The summed E-state index contributed by atoms with van der Waals surface area (Å²) in [6.07, 6.45) is 9.47. The van der Waals surface area contributed by atoms with E-state index in [4.69, 9.17) is 0 Å². The van der Waals surface area contributed by atoms with Crippen LogP contribution < -0.4 is 10.6 Å². The molecule has 1 aromatic carbocycles. The van der Waals surface area contributed by atoms with Crippen molar-refractivity contribution in [1.29, 1.82) is 0 Å². The molecule has 1 saturated carbocycles. The largest absolute Gasteiger partial charge is 0.356 e. The Balaban J connectivity index is 1.70. The maximum absolute atomic E-state index is 12.1. The van der Waals surface area contributed by atoms with Gasteiger partial charge in [0.25, 0.3) is 0 Å². The van der Waals surface area contributed by atoms with E-state index in [2.05, 4.69) is 15.6 Å². The van der Waals surface area contributed by atoms with Crippen LogP contribution in [0.5, 0.6) is 0 Å². The van der Waals surface area contributed by atoms with E-state index in [0.717, 1.165) is 30.4 Å². The van der Waals surface area contributed by atoms with E-state index in [1.54, 1.807) is 19.2 Å². The van der Waals surface area contributed by atoms with E-state index in [-0.39, 0.29) is 0 Å². The lowest BCUT2D eigenvalue weighted by molar-refractivity contribution is 0.472. The molecule has 6 nitrogen and oxygen atoms in total. The zero-order chi connectivity index (χ0) is 19.7. The lowest BCUT2D eigenvalue weighted by Crippen LogP contribution is -2.37. The van der Waals surface area contributed by atoms with Crippen LogP contribution in [0.2, 0.25) is 0 Å². The Morgan fingerprint density at radius 1 is 1.11 bits per heavy atom. The summed E-state index contributed by atoms with van der Waals surface area (Å²) >= 11 is 0. The van der Waals surface area contributed by atoms with Gasteiger partial charge in [0, 0.05) is 34.2 Å². The van der Waals surface area contributed by atoms with E-state index in [1.807, 2.05) is 12.1 Å². The molecule has 0 aliphatic heterocycles. The zero-order valence-electron chi connectivity index (χ0n) is 16.9. The summed E-state index contributed by atoms with van der Waals surface area (Å²) in [6, 6.07) is 6.95. The van der Waals surface area contributed by atoms with Gasteiger partial charge in [-0.3, -0.25) is 4.99 Å². The van der Waals surface area contributed by atoms with Crippen molar-refractivity contribution in [2.75, 3.05) is 27.7 Å². The minimum Gasteiger partial charge on any atom is -0.356 e. The summed E-state index contributed by atoms with van der Waals surface area (Å²) in [5.74, 6) is 1.74. The Bertz CT molecular complexity index is 693. The Morgan fingerprint density at radius 3 is 2.37 bits per heavy atom. The molecule has 1 aliphatic rings. The average molecular weight is 395 g/mol. The van der Waals surface area contributed by atoms with E-state index < -0.39 is 10.0 Å². The molecule has 1 aliphatic carbocycles. The van der Waals surface area contributed by atoms with Gasteiger partial charge in [0.15, 0.2) is 5.96 Å². The van der Waals surface area contributed by atoms with Crippen LogP contribution in [0.25, 0.3) is 0 Å². The first kappa shape index (κ1) is 21.7. The van der Waals surface area contributed by atoms with Crippen LogP contribution in [0, 0.1) is 5.92 Å². The number of rotatable bonds is 9. The predicted octanol–water partition coefficient (Wildman–Crippen LogP) is 2.96. The first-order valence-electron chi connectivity index (χ1n) is 9.89. The first-order chi connectivity index (χ1) is 12.9. The zero-order valence-corrected chi connectivity index (χ0v) is 17.7. The Morgan fingerprint density at radius 2 is 1.78 bits per heavy atom. The minimum absolute atomic E-state index is 0.306. The Labute approximate surface area is 164 Å². The van der Waals surface area contributed by atoms with E-state index in [0.29, 0.717) is 11.4 Å². The summed E-state index contributed by atoms with van der Waals surface area (Å²) in [5.41, 5.74) is 1.01. The third-order valence-corrected chi connectivity index (χ3v) is 7.02. The van der Waals surface area contributed by atoms with E-state index in [9.17, 15) is 8.42 Å². The molecule has 0 bridgehead atoms. The summed E-state index contributed by atoms with van der Waals surface area (Å²) in [7, 11) is 1.46. The number of guanidine groups is 1.